The second kappa shape index (κ2) is 8.72. The van der Waals surface area contributed by atoms with Gasteiger partial charge in [0.15, 0.2) is 0 Å². The molecule has 0 unspecified atom stereocenters. The van der Waals surface area contributed by atoms with Crippen molar-refractivity contribution in [1.82, 2.24) is 9.80 Å². The van der Waals surface area contributed by atoms with Gasteiger partial charge in [-0.1, -0.05) is 72.8 Å². The summed E-state index contributed by atoms with van der Waals surface area (Å²) in [5.74, 6) is 0.0532. The molecule has 144 valence electrons. The Morgan fingerprint density at radius 1 is 0.759 bits per heavy atom. The van der Waals surface area contributed by atoms with Gasteiger partial charge in [-0.05, 0) is 28.8 Å². The van der Waals surface area contributed by atoms with E-state index in [9.17, 15) is 10.1 Å². The molecule has 0 N–H and O–H groups in total. The van der Waals surface area contributed by atoms with Crippen LogP contribution >= 0.6 is 0 Å². The molecule has 1 saturated heterocycles. The monoisotopic (exact) mass is 381 g/mol. The molecule has 1 heterocycles. The van der Waals surface area contributed by atoms with Crippen molar-refractivity contribution in [3.8, 4) is 17.2 Å². The number of amides is 1. The number of nitriles is 1. The van der Waals surface area contributed by atoms with Gasteiger partial charge in [0.25, 0.3) is 5.91 Å². The van der Waals surface area contributed by atoms with Gasteiger partial charge in [0, 0.05) is 31.7 Å². The average molecular weight is 381 g/mol. The molecular formula is C25H23N3O. The van der Waals surface area contributed by atoms with Crippen molar-refractivity contribution in [1.29, 1.82) is 5.26 Å². The minimum Gasteiger partial charge on any atom is -0.336 e. The molecule has 1 aliphatic rings. The maximum atomic E-state index is 12.9. The summed E-state index contributed by atoms with van der Waals surface area (Å²) in [4.78, 5) is 16.9. The summed E-state index contributed by atoms with van der Waals surface area (Å²) in [5, 5.41) is 9.63. The van der Waals surface area contributed by atoms with Crippen LogP contribution in [0, 0.1) is 11.3 Å². The molecule has 1 aliphatic heterocycles. The van der Waals surface area contributed by atoms with Gasteiger partial charge in [0.1, 0.15) is 6.04 Å². The second-order valence-corrected chi connectivity index (χ2v) is 7.21. The third kappa shape index (κ3) is 4.21. The van der Waals surface area contributed by atoms with Crippen LogP contribution in [-0.2, 0) is 0 Å². The normalized spacial score (nSPS) is 15.5. The molecule has 4 heteroatoms. The van der Waals surface area contributed by atoms with Crippen LogP contribution in [0.2, 0.25) is 0 Å². The number of carbonyl (C=O) groups excluding carboxylic acids is 1. The van der Waals surface area contributed by atoms with Crippen LogP contribution in [-0.4, -0.2) is 41.9 Å². The van der Waals surface area contributed by atoms with Gasteiger partial charge >= 0.3 is 0 Å². The summed E-state index contributed by atoms with van der Waals surface area (Å²) in [6, 6.07) is 29.9. The van der Waals surface area contributed by atoms with E-state index in [1.165, 1.54) is 0 Å². The fourth-order valence-electron chi connectivity index (χ4n) is 3.80. The third-order valence-electron chi connectivity index (χ3n) is 5.44. The van der Waals surface area contributed by atoms with Crippen molar-refractivity contribution < 1.29 is 4.79 Å². The molecule has 29 heavy (non-hydrogen) atoms. The molecule has 1 fully saturated rings. The van der Waals surface area contributed by atoms with Crippen LogP contribution < -0.4 is 0 Å². The van der Waals surface area contributed by atoms with E-state index in [0.29, 0.717) is 31.7 Å². The van der Waals surface area contributed by atoms with E-state index in [-0.39, 0.29) is 11.9 Å². The number of benzene rings is 3. The largest absolute Gasteiger partial charge is 0.336 e. The zero-order valence-electron chi connectivity index (χ0n) is 16.2. The Hall–Kier alpha value is -3.42. The number of hydrogen-bond acceptors (Lipinski definition) is 3. The number of rotatable bonds is 4. The van der Waals surface area contributed by atoms with Crippen molar-refractivity contribution in [3.63, 3.8) is 0 Å². The topological polar surface area (TPSA) is 47.3 Å². The highest BCUT2D eigenvalue weighted by Gasteiger charge is 2.27. The van der Waals surface area contributed by atoms with Crippen LogP contribution in [0.15, 0.2) is 84.9 Å². The van der Waals surface area contributed by atoms with Crippen LogP contribution in [0.25, 0.3) is 11.1 Å². The molecular weight excluding hydrogens is 358 g/mol. The molecule has 0 aromatic heterocycles. The SMILES string of the molecule is N#C[C@@H](c1ccccc1)N1CCN(C(=O)c2ccc(-c3ccccc3)cc2)CC1. The molecule has 4 rings (SSSR count). The van der Waals surface area contributed by atoms with E-state index in [0.717, 1.165) is 16.7 Å². The zero-order chi connectivity index (χ0) is 20.1. The average Bonchev–Trinajstić information content (AvgIpc) is 2.81. The molecule has 0 spiro atoms. The molecule has 0 saturated carbocycles. The second-order valence-electron chi connectivity index (χ2n) is 7.21. The van der Waals surface area contributed by atoms with Crippen molar-refractivity contribution >= 4 is 5.91 Å². The predicted octanol–water partition coefficient (Wildman–Crippen LogP) is 4.38. The van der Waals surface area contributed by atoms with Gasteiger partial charge in [0.2, 0.25) is 0 Å². The van der Waals surface area contributed by atoms with E-state index in [1.807, 2.05) is 77.7 Å². The van der Waals surface area contributed by atoms with Crippen LogP contribution in [0.3, 0.4) is 0 Å². The quantitative estimate of drug-likeness (QED) is 0.674. The van der Waals surface area contributed by atoms with E-state index < -0.39 is 0 Å². The van der Waals surface area contributed by atoms with Crippen molar-refractivity contribution in [3.05, 3.63) is 96.1 Å². The van der Waals surface area contributed by atoms with Gasteiger partial charge in [0.05, 0.1) is 6.07 Å². The van der Waals surface area contributed by atoms with Gasteiger partial charge in [-0.2, -0.15) is 5.26 Å². The summed E-state index contributed by atoms with van der Waals surface area (Å²) in [6.07, 6.45) is 0. The highest BCUT2D eigenvalue weighted by molar-refractivity contribution is 5.94. The van der Waals surface area contributed by atoms with Crippen molar-refractivity contribution in [2.24, 2.45) is 0 Å². The highest BCUT2D eigenvalue weighted by atomic mass is 16.2. The number of nitrogens with zero attached hydrogens (tertiary/aromatic N) is 3. The van der Waals surface area contributed by atoms with Gasteiger partial charge in [-0.3, -0.25) is 9.69 Å². The van der Waals surface area contributed by atoms with Crippen molar-refractivity contribution in [2.45, 2.75) is 6.04 Å². The summed E-state index contributed by atoms with van der Waals surface area (Å²) in [7, 11) is 0. The first kappa shape index (κ1) is 18.9. The summed E-state index contributed by atoms with van der Waals surface area (Å²) >= 11 is 0. The molecule has 3 aromatic rings. The van der Waals surface area contributed by atoms with E-state index in [2.05, 4.69) is 23.1 Å². The zero-order valence-corrected chi connectivity index (χ0v) is 16.2. The smallest absolute Gasteiger partial charge is 0.253 e. The minimum absolute atomic E-state index is 0.0532. The Labute approximate surface area is 171 Å². The maximum absolute atomic E-state index is 12.9. The van der Waals surface area contributed by atoms with E-state index >= 15 is 0 Å². The minimum atomic E-state index is -0.265. The lowest BCUT2D eigenvalue weighted by Crippen LogP contribution is -2.49. The molecule has 3 aromatic carbocycles. The Morgan fingerprint density at radius 3 is 1.90 bits per heavy atom. The number of hydrogen-bond donors (Lipinski definition) is 0. The Kier molecular flexibility index (Phi) is 5.69. The molecule has 0 radical (unpaired) electrons. The van der Waals surface area contributed by atoms with Crippen LogP contribution in [0.5, 0.6) is 0 Å². The van der Waals surface area contributed by atoms with Crippen LogP contribution in [0.4, 0.5) is 0 Å². The molecule has 1 amide bonds. The van der Waals surface area contributed by atoms with Crippen LogP contribution in [0.1, 0.15) is 22.0 Å². The van der Waals surface area contributed by atoms with Gasteiger partial charge in [-0.25, -0.2) is 0 Å². The lowest BCUT2D eigenvalue weighted by atomic mass is 10.0. The number of piperazine rings is 1. The molecule has 0 bridgehead atoms. The van der Waals surface area contributed by atoms with E-state index in [4.69, 9.17) is 0 Å². The predicted molar refractivity (Wildman–Crippen MR) is 114 cm³/mol. The Morgan fingerprint density at radius 2 is 1.31 bits per heavy atom. The lowest BCUT2D eigenvalue weighted by Gasteiger charge is -2.37. The fraction of sp³-hybridized carbons (Fsp3) is 0.200. The Bertz CT molecular complexity index is 986. The van der Waals surface area contributed by atoms with Gasteiger partial charge in [-0.15, -0.1) is 0 Å². The highest BCUT2D eigenvalue weighted by Crippen LogP contribution is 2.23. The molecule has 0 aliphatic carbocycles. The molecule has 4 nitrogen and oxygen atoms in total. The third-order valence-corrected chi connectivity index (χ3v) is 5.44. The first-order chi connectivity index (χ1) is 14.3. The summed E-state index contributed by atoms with van der Waals surface area (Å²) in [5.41, 5.74) is 3.96. The van der Waals surface area contributed by atoms with E-state index in [1.54, 1.807) is 0 Å². The Balaban J connectivity index is 1.40. The van der Waals surface area contributed by atoms with Gasteiger partial charge < -0.3 is 4.90 Å². The molecule has 1 atom stereocenters. The maximum Gasteiger partial charge on any atom is 0.253 e. The number of carbonyl (C=O) groups is 1. The summed E-state index contributed by atoms with van der Waals surface area (Å²) in [6.45, 7) is 2.65. The standard InChI is InChI=1S/C25H23N3O/c26-19-24(22-9-5-2-6-10-22)27-15-17-28(18-16-27)25(29)23-13-11-21(12-14-23)20-7-3-1-4-8-20/h1-14,24H,15-18H2/t24-/m0/s1. The lowest BCUT2D eigenvalue weighted by molar-refractivity contribution is 0.0606. The first-order valence-corrected chi connectivity index (χ1v) is 9.89. The summed E-state index contributed by atoms with van der Waals surface area (Å²) < 4.78 is 0. The van der Waals surface area contributed by atoms with Crippen molar-refractivity contribution in [2.75, 3.05) is 26.2 Å². The first-order valence-electron chi connectivity index (χ1n) is 9.89. The fourth-order valence-corrected chi connectivity index (χ4v) is 3.80.